The van der Waals surface area contributed by atoms with E-state index in [0.29, 0.717) is 17.0 Å². The molecule has 3 N–H and O–H groups in total. The lowest BCUT2D eigenvalue weighted by Crippen LogP contribution is -2.23. The molecule has 1 amide bonds. The van der Waals surface area contributed by atoms with Gasteiger partial charge in [-0.2, -0.15) is 0 Å². The van der Waals surface area contributed by atoms with E-state index in [-0.39, 0.29) is 12.5 Å². The Morgan fingerprint density at radius 1 is 1.59 bits per heavy atom. The van der Waals surface area contributed by atoms with Crippen LogP contribution in [0.2, 0.25) is 0 Å². The maximum Gasteiger partial charge on any atom is 0.253 e. The molecule has 0 aliphatic rings. The first-order valence-electron chi connectivity index (χ1n) is 5.06. The molecule has 0 aromatic carbocycles. The van der Waals surface area contributed by atoms with Crippen molar-refractivity contribution < 1.29 is 9.32 Å². The average molecular weight is 232 g/mol. The highest BCUT2D eigenvalue weighted by molar-refractivity contribution is 5.98. The molecule has 0 aliphatic carbocycles. The van der Waals surface area contributed by atoms with E-state index in [4.69, 9.17) is 10.3 Å². The first kappa shape index (κ1) is 11.1. The maximum atomic E-state index is 11.8. The van der Waals surface area contributed by atoms with Crippen LogP contribution in [-0.2, 0) is 6.54 Å². The van der Waals surface area contributed by atoms with Crippen molar-refractivity contribution in [1.29, 1.82) is 0 Å². The molecule has 88 valence electrons. The fraction of sp³-hybridized carbons (Fsp3) is 0.182. The Hall–Kier alpha value is -2.37. The highest BCUT2D eigenvalue weighted by Gasteiger charge is 2.09. The van der Waals surface area contributed by atoms with Crippen molar-refractivity contribution in [1.82, 2.24) is 15.5 Å². The number of carbonyl (C=O) groups excluding carboxylic acids is 1. The zero-order valence-corrected chi connectivity index (χ0v) is 9.30. The number of nitrogen functional groups attached to an aromatic ring is 1. The van der Waals surface area contributed by atoms with Crippen LogP contribution in [0, 0.1) is 6.92 Å². The molecule has 17 heavy (non-hydrogen) atoms. The molecule has 0 atom stereocenters. The van der Waals surface area contributed by atoms with E-state index in [9.17, 15) is 4.79 Å². The quantitative estimate of drug-likeness (QED) is 0.819. The van der Waals surface area contributed by atoms with Gasteiger partial charge in [-0.25, -0.2) is 0 Å². The lowest BCUT2D eigenvalue weighted by Gasteiger charge is -2.04. The molecule has 0 saturated heterocycles. The molecule has 0 fully saturated rings. The fourth-order valence-corrected chi connectivity index (χ4v) is 1.38. The van der Waals surface area contributed by atoms with Gasteiger partial charge in [-0.05, 0) is 13.0 Å². The molecular weight excluding hydrogens is 220 g/mol. The minimum Gasteiger partial charge on any atom is -0.397 e. The first-order chi connectivity index (χ1) is 8.16. The van der Waals surface area contributed by atoms with Crippen molar-refractivity contribution in [2.24, 2.45) is 0 Å². The van der Waals surface area contributed by atoms with E-state index in [2.05, 4.69) is 15.5 Å². The molecule has 6 heteroatoms. The van der Waals surface area contributed by atoms with E-state index in [1.54, 1.807) is 12.1 Å². The number of hydrogen-bond acceptors (Lipinski definition) is 5. The van der Waals surface area contributed by atoms with Gasteiger partial charge in [0.25, 0.3) is 5.91 Å². The number of amides is 1. The number of rotatable bonds is 3. The van der Waals surface area contributed by atoms with Gasteiger partial charge in [-0.15, -0.1) is 0 Å². The van der Waals surface area contributed by atoms with Gasteiger partial charge in [-0.1, -0.05) is 5.16 Å². The monoisotopic (exact) mass is 232 g/mol. The van der Waals surface area contributed by atoms with E-state index in [1.807, 2.05) is 6.92 Å². The second-order valence-electron chi connectivity index (χ2n) is 3.58. The molecule has 2 rings (SSSR count). The Kier molecular flexibility index (Phi) is 3.04. The van der Waals surface area contributed by atoms with Gasteiger partial charge in [0.15, 0.2) is 5.76 Å². The summed E-state index contributed by atoms with van der Waals surface area (Å²) in [5, 5.41) is 6.41. The van der Waals surface area contributed by atoms with Crippen molar-refractivity contribution in [3.63, 3.8) is 0 Å². The van der Waals surface area contributed by atoms with E-state index < -0.39 is 0 Å². The Morgan fingerprint density at radius 3 is 3.06 bits per heavy atom. The molecule has 0 unspecified atom stereocenters. The number of hydrogen-bond donors (Lipinski definition) is 2. The summed E-state index contributed by atoms with van der Waals surface area (Å²) in [6, 6.07) is 3.33. The number of aromatic nitrogens is 2. The van der Waals surface area contributed by atoms with Crippen LogP contribution in [0.25, 0.3) is 0 Å². The van der Waals surface area contributed by atoms with Crippen LogP contribution in [0.3, 0.4) is 0 Å². The summed E-state index contributed by atoms with van der Waals surface area (Å²) in [6.07, 6.45) is 2.96. The minimum atomic E-state index is -0.265. The Bertz CT molecular complexity index is 536. The van der Waals surface area contributed by atoms with Gasteiger partial charge in [0.2, 0.25) is 0 Å². The summed E-state index contributed by atoms with van der Waals surface area (Å²) in [7, 11) is 0. The van der Waals surface area contributed by atoms with Crippen molar-refractivity contribution in [2.45, 2.75) is 13.5 Å². The van der Waals surface area contributed by atoms with Crippen LogP contribution in [0.5, 0.6) is 0 Å². The topological polar surface area (TPSA) is 94.0 Å². The molecule has 0 radical (unpaired) electrons. The minimum absolute atomic E-state index is 0.265. The molecular formula is C11H12N4O2. The zero-order chi connectivity index (χ0) is 12.3. The summed E-state index contributed by atoms with van der Waals surface area (Å²) >= 11 is 0. The summed E-state index contributed by atoms with van der Waals surface area (Å²) in [4.78, 5) is 15.6. The second-order valence-corrected chi connectivity index (χ2v) is 3.58. The molecule has 0 bridgehead atoms. The Balaban J connectivity index is 2.01. The first-order valence-corrected chi connectivity index (χ1v) is 5.06. The lowest BCUT2D eigenvalue weighted by molar-refractivity contribution is 0.0948. The molecule has 2 aromatic rings. The number of nitrogens with one attached hydrogen (secondary N) is 1. The molecule has 0 saturated carbocycles. The predicted octanol–water partition coefficient (Wildman–Crippen LogP) is 0.890. The van der Waals surface area contributed by atoms with Gasteiger partial charge < -0.3 is 15.6 Å². The third-order valence-electron chi connectivity index (χ3n) is 2.20. The summed E-state index contributed by atoms with van der Waals surface area (Å²) in [5.74, 6) is 0.336. The number of pyridine rings is 1. The van der Waals surface area contributed by atoms with Gasteiger partial charge in [0.1, 0.15) is 0 Å². The number of carbonyl (C=O) groups is 1. The average Bonchev–Trinajstić information content (AvgIpc) is 2.73. The summed E-state index contributed by atoms with van der Waals surface area (Å²) in [5.41, 5.74) is 7.16. The molecule has 6 nitrogen and oxygen atoms in total. The molecule has 0 aliphatic heterocycles. The normalized spacial score (nSPS) is 10.2. The van der Waals surface area contributed by atoms with Gasteiger partial charge in [0.05, 0.1) is 29.7 Å². The second kappa shape index (κ2) is 4.65. The number of aryl methyl sites for hydroxylation is 1. The van der Waals surface area contributed by atoms with E-state index in [0.717, 1.165) is 5.69 Å². The highest BCUT2D eigenvalue weighted by atomic mass is 16.5. The number of nitrogens with zero attached hydrogens (tertiary/aromatic N) is 2. The largest absolute Gasteiger partial charge is 0.397 e. The maximum absolute atomic E-state index is 11.8. The van der Waals surface area contributed by atoms with Crippen LogP contribution in [-0.4, -0.2) is 16.0 Å². The van der Waals surface area contributed by atoms with Crippen LogP contribution in [0.1, 0.15) is 21.8 Å². The van der Waals surface area contributed by atoms with Crippen LogP contribution in [0.15, 0.2) is 29.0 Å². The molecule has 2 heterocycles. The van der Waals surface area contributed by atoms with Gasteiger partial charge in [-0.3, -0.25) is 9.78 Å². The number of nitrogens with two attached hydrogens (primary N) is 1. The SMILES string of the molecule is Cc1cc(CNC(=O)c2ccncc2N)on1. The lowest BCUT2D eigenvalue weighted by atomic mass is 10.2. The summed E-state index contributed by atoms with van der Waals surface area (Å²) in [6.45, 7) is 2.09. The third kappa shape index (κ3) is 2.60. The Labute approximate surface area is 97.8 Å². The standard InChI is InChI=1S/C11H12N4O2/c1-7-4-8(17-15-7)5-14-11(16)9-2-3-13-6-10(9)12/h2-4,6H,5,12H2,1H3,(H,14,16). The number of anilines is 1. The van der Waals surface area contributed by atoms with E-state index in [1.165, 1.54) is 12.4 Å². The van der Waals surface area contributed by atoms with Crippen LogP contribution < -0.4 is 11.1 Å². The van der Waals surface area contributed by atoms with Crippen molar-refractivity contribution in [2.75, 3.05) is 5.73 Å². The smallest absolute Gasteiger partial charge is 0.253 e. The van der Waals surface area contributed by atoms with Gasteiger partial charge in [0, 0.05) is 12.3 Å². The molecule has 0 spiro atoms. The zero-order valence-electron chi connectivity index (χ0n) is 9.30. The third-order valence-corrected chi connectivity index (χ3v) is 2.20. The fourth-order valence-electron chi connectivity index (χ4n) is 1.38. The predicted molar refractivity (Wildman–Crippen MR) is 61.1 cm³/mol. The van der Waals surface area contributed by atoms with Crippen LogP contribution >= 0.6 is 0 Å². The van der Waals surface area contributed by atoms with Crippen LogP contribution in [0.4, 0.5) is 5.69 Å². The van der Waals surface area contributed by atoms with Crippen molar-refractivity contribution >= 4 is 11.6 Å². The van der Waals surface area contributed by atoms with Crippen molar-refractivity contribution in [3.8, 4) is 0 Å². The molecule has 2 aromatic heterocycles. The Morgan fingerprint density at radius 2 is 2.41 bits per heavy atom. The summed E-state index contributed by atoms with van der Waals surface area (Å²) < 4.78 is 4.97. The highest BCUT2D eigenvalue weighted by Crippen LogP contribution is 2.08. The van der Waals surface area contributed by atoms with E-state index >= 15 is 0 Å². The van der Waals surface area contributed by atoms with Crippen molar-refractivity contribution in [3.05, 3.63) is 41.5 Å². The van der Waals surface area contributed by atoms with Gasteiger partial charge >= 0.3 is 0 Å².